The van der Waals surface area contributed by atoms with Crippen LogP contribution in [0.4, 0.5) is 4.79 Å². The van der Waals surface area contributed by atoms with Gasteiger partial charge < -0.3 is 9.84 Å². The summed E-state index contributed by atoms with van der Waals surface area (Å²) in [5.74, 6) is -2.47. The first-order chi connectivity index (χ1) is 6.65. The molecule has 1 heterocycles. The van der Waals surface area contributed by atoms with E-state index >= 15 is 0 Å². The van der Waals surface area contributed by atoms with Gasteiger partial charge in [0.05, 0.1) is 12.6 Å². The average Bonchev–Trinajstić information content (AvgIpc) is 2.52. The van der Waals surface area contributed by atoms with Crippen LogP contribution in [-0.2, 0) is 9.53 Å². The zero-order valence-corrected chi connectivity index (χ0v) is 7.21. The molecule has 1 saturated heterocycles. The van der Waals surface area contributed by atoms with Crippen LogP contribution in [0.3, 0.4) is 0 Å². The highest BCUT2D eigenvalue weighted by Gasteiger charge is 2.20. The van der Waals surface area contributed by atoms with Crippen molar-refractivity contribution in [3.8, 4) is 6.07 Å². The Balaban J connectivity index is 2.58. The molecular weight excluding hydrogens is 188 g/mol. The monoisotopic (exact) mass is 196 g/mol. The Bertz CT molecular complexity index is 318. The molecule has 1 rings (SSSR count). The van der Waals surface area contributed by atoms with Crippen molar-refractivity contribution in [2.45, 2.75) is 0 Å². The fourth-order valence-corrected chi connectivity index (χ4v) is 0.911. The number of nitrogens with zero attached hydrogens (tertiary/aromatic N) is 2. The minimum Gasteiger partial charge on any atom is -0.480 e. The topological polar surface area (TPSA) is 90.6 Å². The molecule has 0 aromatic rings. The van der Waals surface area contributed by atoms with Gasteiger partial charge in [-0.2, -0.15) is 5.26 Å². The summed E-state index contributed by atoms with van der Waals surface area (Å²) in [6.45, 7) is 0.667. The summed E-state index contributed by atoms with van der Waals surface area (Å²) < 4.78 is 4.60. The zero-order chi connectivity index (χ0) is 10.6. The Morgan fingerprint density at radius 1 is 1.79 bits per heavy atom. The lowest BCUT2D eigenvalue weighted by molar-refractivity contribution is -0.138. The second kappa shape index (κ2) is 4.28. The van der Waals surface area contributed by atoms with Gasteiger partial charge in [-0.1, -0.05) is 0 Å². The molecule has 0 saturated carbocycles. The number of carbonyl (C=O) groups is 2. The van der Waals surface area contributed by atoms with Gasteiger partial charge in [0.15, 0.2) is 5.92 Å². The predicted molar refractivity (Wildman–Crippen MR) is 43.9 cm³/mol. The third-order valence-corrected chi connectivity index (χ3v) is 1.66. The van der Waals surface area contributed by atoms with Crippen LogP contribution in [0, 0.1) is 17.2 Å². The molecule has 1 aliphatic heterocycles. The number of hydrogen-bond acceptors (Lipinski definition) is 4. The summed E-state index contributed by atoms with van der Waals surface area (Å²) in [5, 5.41) is 16.9. The molecule has 1 unspecified atom stereocenters. The molecule has 0 spiro atoms. The highest BCUT2D eigenvalue weighted by atomic mass is 16.6. The summed E-state index contributed by atoms with van der Waals surface area (Å²) in [6.07, 6.45) is 1.88. The van der Waals surface area contributed by atoms with Crippen LogP contribution in [0.25, 0.3) is 0 Å². The van der Waals surface area contributed by atoms with E-state index in [9.17, 15) is 9.59 Å². The zero-order valence-electron chi connectivity index (χ0n) is 7.21. The number of amides is 1. The summed E-state index contributed by atoms with van der Waals surface area (Å²) in [6, 6.07) is 1.58. The molecular formula is C8H8N2O4. The Morgan fingerprint density at radius 2 is 2.50 bits per heavy atom. The van der Waals surface area contributed by atoms with Gasteiger partial charge in [-0.05, 0) is 6.08 Å². The van der Waals surface area contributed by atoms with Crippen molar-refractivity contribution in [1.29, 1.82) is 5.26 Å². The second-order valence-corrected chi connectivity index (χ2v) is 2.59. The van der Waals surface area contributed by atoms with Crippen molar-refractivity contribution in [3.63, 3.8) is 0 Å². The van der Waals surface area contributed by atoms with E-state index in [-0.39, 0.29) is 6.61 Å². The van der Waals surface area contributed by atoms with E-state index < -0.39 is 18.0 Å². The smallest absolute Gasteiger partial charge is 0.413 e. The molecule has 0 aliphatic carbocycles. The molecule has 1 atom stereocenters. The maximum atomic E-state index is 10.9. The molecule has 6 nitrogen and oxygen atoms in total. The standard InChI is InChI=1S/C8H8N2O4/c9-5-6(7(11)12)1-2-10-3-4-14-8(10)13/h1-2,6H,3-4H2,(H,11,12). The van der Waals surface area contributed by atoms with Gasteiger partial charge in [0, 0.05) is 6.20 Å². The van der Waals surface area contributed by atoms with Crippen molar-refractivity contribution in [2.75, 3.05) is 13.2 Å². The van der Waals surface area contributed by atoms with E-state index in [1.807, 2.05) is 0 Å². The molecule has 0 radical (unpaired) electrons. The summed E-state index contributed by atoms with van der Waals surface area (Å²) in [5.41, 5.74) is 0. The lowest BCUT2D eigenvalue weighted by atomic mass is 10.2. The number of aliphatic carboxylic acids is 1. The number of carboxylic acids is 1. The van der Waals surface area contributed by atoms with Crippen LogP contribution in [0.2, 0.25) is 0 Å². The minimum atomic E-state index is -1.24. The maximum Gasteiger partial charge on any atom is 0.413 e. The van der Waals surface area contributed by atoms with Crippen LogP contribution in [0.1, 0.15) is 0 Å². The van der Waals surface area contributed by atoms with E-state index in [1.165, 1.54) is 11.1 Å². The third kappa shape index (κ3) is 2.23. The van der Waals surface area contributed by atoms with E-state index in [2.05, 4.69) is 4.74 Å². The van der Waals surface area contributed by atoms with E-state index in [0.29, 0.717) is 6.54 Å². The van der Waals surface area contributed by atoms with Crippen LogP contribution < -0.4 is 0 Å². The first-order valence-electron chi connectivity index (χ1n) is 3.89. The predicted octanol–water partition coefficient (Wildman–Crippen LogP) is 0.177. The first-order valence-corrected chi connectivity index (χ1v) is 3.89. The number of hydrogen-bond donors (Lipinski definition) is 1. The SMILES string of the molecule is N#CC(C=CN1CCOC1=O)C(=O)O. The van der Waals surface area contributed by atoms with Crippen LogP contribution >= 0.6 is 0 Å². The number of cyclic esters (lactones) is 1. The maximum absolute atomic E-state index is 10.9. The fourth-order valence-electron chi connectivity index (χ4n) is 0.911. The molecule has 1 amide bonds. The van der Waals surface area contributed by atoms with Crippen molar-refractivity contribution >= 4 is 12.1 Å². The van der Waals surface area contributed by atoms with Crippen molar-refractivity contribution in [3.05, 3.63) is 12.3 Å². The molecule has 6 heteroatoms. The average molecular weight is 196 g/mol. The van der Waals surface area contributed by atoms with Gasteiger partial charge in [0.25, 0.3) is 0 Å². The summed E-state index contributed by atoms with van der Waals surface area (Å²) in [4.78, 5) is 22.5. The molecule has 1 fully saturated rings. The van der Waals surface area contributed by atoms with Gasteiger partial charge in [-0.15, -0.1) is 0 Å². The number of carboxylic acid groups (broad SMARTS) is 1. The van der Waals surface area contributed by atoms with Crippen molar-refractivity contribution in [1.82, 2.24) is 4.90 Å². The number of carbonyl (C=O) groups excluding carboxylic acids is 1. The van der Waals surface area contributed by atoms with Crippen molar-refractivity contribution in [2.24, 2.45) is 5.92 Å². The molecule has 0 aromatic carbocycles. The van der Waals surface area contributed by atoms with Gasteiger partial charge >= 0.3 is 12.1 Å². The third-order valence-electron chi connectivity index (χ3n) is 1.66. The Labute approximate surface area is 80.0 Å². The Hall–Kier alpha value is -2.03. The van der Waals surface area contributed by atoms with Gasteiger partial charge in [-0.3, -0.25) is 9.69 Å². The number of ether oxygens (including phenoxy) is 1. The molecule has 1 aliphatic rings. The molecule has 14 heavy (non-hydrogen) atoms. The van der Waals surface area contributed by atoms with Gasteiger partial charge in [-0.25, -0.2) is 4.79 Å². The number of rotatable bonds is 3. The van der Waals surface area contributed by atoms with Gasteiger partial charge in [0.2, 0.25) is 0 Å². The van der Waals surface area contributed by atoms with E-state index in [4.69, 9.17) is 10.4 Å². The summed E-state index contributed by atoms with van der Waals surface area (Å²) in [7, 11) is 0. The minimum absolute atomic E-state index is 0.285. The van der Waals surface area contributed by atoms with Crippen LogP contribution in [0.5, 0.6) is 0 Å². The van der Waals surface area contributed by atoms with Crippen LogP contribution in [0.15, 0.2) is 12.3 Å². The normalized spacial score (nSPS) is 17.9. The number of nitriles is 1. The highest BCUT2D eigenvalue weighted by molar-refractivity contribution is 5.75. The molecule has 0 aromatic heterocycles. The quantitative estimate of drug-likeness (QED) is 0.695. The lowest BCUT2D eigenvalue weighted by Crippen LogP contribution is -2.18. The lowest BCUT2D eigenvalue weighted by Gasteiger charge is -2.04. The fraction of sp³-hybridized carbons (Fsp3) is 0.375. The molecule has 1 N–H and O–H groups in total. The second-order valence-electron chi connectivity index (χ2n) is 2.59. The van der Waals surface area contributed by atoms with E-state index in [1.54, 1.807) is 6.07 Å². The van der Waals surface area contributed by atoms with Gasteiger partial charge in [0.1, 0.15) is 6.61 Å². The Morgan fingerprint density at radius 3 is 2.93 bits per heavy atom. The first kappa shape index (κ1) is 10.1. The molecule has 74 valence electrons. The van der Waals surface area contributed by atoms with Crippen molar-refractivity contribution < 1.29 is 19.4 Å². The van der Waals surface area contributed by atoms with E-state index in [0.717, 1.165) is 6.08 Å². The molecule has 0 bridgehead atoms. The highest BCUT2D eigenvalue weighted by Crippen LogP contribution is 2.05. The van der Waals surface area contributed by atoms with Crippen LogP contribution in [-0.4, -0.2) is 35.2 Å². The largest absolute Gasteiger partial charge is 0.480 e. The summed E-state index contributed by atoms with van der Waals surface area (Å²) >= 11 is 0. The Kier molecular flexibility index (Phi) is 3.07.